The van der Waals surface area contributed by atoms with Crippen LogP contribution in [0.5, 0.6) is 0 Å². The Morgan fingerprint density at radius 1 is 1.26 bits per heavy atom. The molecule has 0 radical (unpaired) electrons. The van der Waals surface area contributed by atoms with Gasteiger partial charge in [-0.05, 0) is 44.0 Å². The highest BCUT2D eigenvalue weighted by molar-refractivity contribution is 5.94. The second-order valence-electron chi connectivity index (χ2n) is 7.60. The average molecular weight is 431 g/mol. The molecular weight excluding hydrogens is 411 g/mol. The molecule has 1 atom stereocenters. The van der Waals surface area contributed by atoms with Crippen LogP contribution in [0.3, 0.4) is 0 Å². The molecular formula is C21H20F3N5O2. The largest absolute Gasteiger partial charge is 0.433 e. The molecule has 1 aliphatic rings. The van der Waals surface area contributed by atoms with Crippen LogP contribution in [-0.2, 0) is 19.8 Å². The minimum absolute atomic E-state index is 0.174. The molecule has 31 heavy (non-hydrogen) atoms. The summed E-state index contributed by atoms with van der Waals surface area (Å²) in [5.41, 5.74) is 1.09. The number of nitrogens with zero attached hydrogens (tertiary/aromatic N) is 4. The van der Waals surface area contributed by atoms with E-state index in [4.69, 9.17) is 0 Å². The highest BCUT2D eigenvalue weighted by Crippen LogP contribution is 2.32. The quantitative estimate of drug-likeness (QED) is 0.690. The molecule has 4 rings (SSSR count). The van der Waals surface area contributed by atoms with E-state index in [1.807, 2.05) is 0 Å². The van der Waals surface area contributed by atoms with E-state index in [9.17, 15) is 22.8 Å². The van der Waals surface area contributed by atoms with Gasteiger partial charge in [-0.1, -0.05) is 0 Å². The van der Waals surface area contributed by atoms with Crippen LogP contribution in [0.15, 0.2) is 41.5 Å². The van der Waals surface area contributed by atoms with E-state index in [0.29, 0.717) is 35.3 Å². The molecule has 0 fully saturated rings. The smallest absolute Gasteiger partial charge is 0.344 e. The third kappa shape index (κ3) is 4.10. The first-order valence-electron chi connectivity index (χ1n) is 9.73. The number of alkyl halides is 3. The van der Waals surface area contributed by atoms with E-state index >= 15 is 0 Å². The van der Waals surface area contributed by atoms with E-state index in [0.717, 1.165) is 24.4 Å². The molecule has 0 saturated carbocycles. The molecule has 7 nitrogen and oxygen atoms in total. The summed E-state index contributed by atoms with van der Waals surface area (Å²) in [6, 6.07) is 5.34. The van der Waals surface area contributed by atoms with Crippen LogP contribution in [0.25, 0.3) is 11.3 Å². The predicted molar refractivity (Wildman–Crippen MR) is 106 cm³/mol. The molecule has 0 saturated heterocycles. The van der Waals surface area contributed by atoms with E-state index < -0.39 is 11.9 Å². The number of carbonyl (C=O) groups excluding carboxylic acids is 1. The van der Waals surface area contributed by atoms with Crippen molar-refractivity contribution in [2.45, 2.75) is 38.5 Å². The Labute approximate surface area is 175 Å². The van der Waals surface area contributed by atoms with Crippen molar-refractivity contribution in [2.24, 2.45) is 7.05 Å². The van der Waals surface area contributed by atoms with Gasteiger partial charge < -0.3 is 9.88 Å². The molecule has 10 heteroatoms. The highest BCUT2D eigenvalue weighted by atomic mass is 19.4. The minimum Gasteiger partial charge on any atom is -0.344 e. The van der Waals surface area contributed by atoms with Gasteiger partial charge in [0.2, 0.25) is 0 Å². The van der Waals surface area contributed by atoms with Gasteiger partial charge in [-0.25, -0.2) is 0 Å². The zero-order chi connectivity index (χ0) is 22.3. The van der Waals surface area contributed by atoms with Crippen molar-refractivity contribution in [3.05, 3.63) is 69.5 Å². The molecule has 0 aromatic carbocycles. The van der Waals surface area contributed by atoms with Gasteiger partial charge in [0.15, 0.2) is 0 Å². The Balaban J connectivity index is 1.62. The molecule has 0 bridgehead atoms. The van der Waals surface area contributed by atoms with Crippen LogP contribution in [-0.4, -0.2) is 25.2 Å². The topological polar surface area (TPSA) is 81.8 Å². The maximum atomic E-state index is 13.0. The van der Waals surface area contributed by atoms with Crippen LogP contribution in [0.1, 0.15) is 46.2 Å². The number of carbonyl (C=O) groups is 1. The van der Waals surface area contributed by atoms with E-state index in [1.165, 1.54) is 16.8 Å². The molecule has 162 valence electrons. The second-order valence-corrected chi connectivity index (χ2v) is 7.60. The lowest BCUT2D eigenvalue weighted by Gasteiger charge is -2.24. The molecule has 3 aromatic heterocycles. The fourth-order valence-corrected chi connectivity index (χ4v) is 3.76. The van der Waals surface area contributed by atoms with Crippen LogP contribution >= 0.6 is 0 Å². The van der Waals surface area contributed by atoms with Crippen molar-refractivity contribution in [3.63, 3.8) is 0 Å². The number of rotatable bonds is 3. The molecule has 0 aliphatic carbocycles. The lowest BCUT2D eigenvalue weighted by Crippen LogP contribution is -2.33. The summed E-state index contributed by atoms with van der Waals surface area (Å²) in [5.74, 6) is -0.330. The summed E-state index contributed by atoms with van der Waals surface area (Å²) in [5, 5.41) is 7.40. The van der Waals surface area contributed by atoms with E-state index in [1.54, 1.807) is 30.8 Å². The molecule has 1 unspecified atom stereocenters. The molecule has 4 heterocycles. The Kier molecular flexibility index (Phi) is 5.16. The van der Waals surface area contributed by atoms with Crippen LogP contribution < -0.4 is 10.9 Å². The van der Waals surface area contributed by atoms with Crippen LogP contribution in [0.4, 0.5) is 13.2 Å². The maximum absolute atomic E-state index is 13.0. The molecule has 3 aromatic rings. The van der Waals surface area contributed by atoms with Crippen molar-refractivity contribution in [1.82, 2.24) is 24.6 Å². The number of halogens is 3. The summed E-state index contributed by atoms with van der Waals surface area (Å²) < 4.78 is 42.1. The van der Waals surface area contributed by atoms with Gasteiger partial charge in [0.05, 0.1) is 23.0 Å². The van der Waals surface area contributed by atoms with Crippen LogP contribution in [0.2, 0.25) is 0 Å². The summed E-state index contributed by atoms with van der Waals surface area (Å²) in [4.78, 5) is 28.0. The van der Waals surface area contributed by atoms with Crippen molar-refractivity contribution in [2.75, 3.05) is 0 Å². The number of amides is 1. The van der Waals surface area contributed by atoms with Crippen molar-refractivity contribution < 1.29 is 18.0 Å². The Morgan fingerprint density at radius 3 is 2.74 bits per heavy atom. The monoisotopic (exact) mass is 431 g/mol. The minimum atomic E-state index is -4.54. The van der Waals surface area contributed by atoms with Crippen molar-refractivity contribution in [3.8, 4) is 11.3 Å². The highest BCUT2D eigenvalue weighted by Gasteiger charge is 2.33. The number of fused-ring (bicyclic) bond motifs is 1. The zero-order valence-corrected chi connectivity index (χ0v) is 16.9. The predicted octanol–water partition coefficient (Wildman–Crippen LogP) is 3.24. The van der Waals surface area contributed by atoms with Gasteiger partial charge in [-0.15, -0.1) is 0 Å². The fraction of sp³-hybridized carbons (Fsp3) is 0.333. The third-order valence-electron chi connectivity index (χ3n) is 5.31. The average Bonchev–Trinajstić information content (AvgIpc) is 3.16. The number of aromatic nitrogens is 4. The summed E-state index contributed by atoms with van der Waals surface area (Å²) in [6.45, 7) is 2.25. The molecule has 1 aliphatic heterocycles. The van der Waals surface area contributed by atoms with Gasteiger partial charge in [0, 0.05) is 37.1 Å². The van der Waals surface area contributed by atoms with Crippen LogP contribution in [0, 0.1) is 6.92 Å². The fourth-order valence-electron chi connectivity index (χ4n) is 3.76. The van der Waals surface area contributed by atoms with Gasteiger partial charge in [-0.2, -0.15) is 18.3 Å². The maximum Gasteiger partial charge on any atom is 0.433 e. The number of hydrogen-bond donors (Lipinski definition) is 1. The number of hydrogen-bond acceptors (Lipinski definition) is 4. The first-order valence-corrected chi connectivity index (χ1v) is 9.73. The zero-order valence-electron chi connectivity index (χ0n) is 16.9. The molecule has 0 spiro atoms. The summed E-state index contributed by atoms with van der Waals surface area (Å²) >= 11 is 0. The SMILES string of the molecule is Cc1cc(C(=O)NC2CCCn3nc(-c4ccnc(C(F)(F)F)c4)cc32)cn(C)c1=O. The van der Waals surface area contributed by atoms with Gasteiger partial charge in [-0.3, -0.25) is 19.3 Å². The van der Waals surface area contributed by atoms with Gasteiger partial charge >= 0.3 is 6.18 Å². The van der Waals surface area contributed by atoms with Crippen molar-refractivity contribution in [1.29, 1.82) is 0 Å². The summed E-state index contributed by atoms with van der Waals surface area (Å²) in [7, 11) is 1.58. The second kappa shape index (κ2) is 7.68. The third-order valence-corrected chi connectivity index (χ3v) is 5.31. The first kappa shape index (κ1) is 20.8. The Bertz CT molecular complexity index is 1190. The normalized spacial score (nSPS) is 16.1. The molecule has 1 N–H and O–H groups in total. The Morgan fingerprint density at radius 2 is 2.03 bits per heavy atom. The number of pyridine rings is 2. The lowest BCUT2D eigenvalue weighted by molar-refractivity contribution is -0.141. The van der Waals surface area contributed by atoms with Gasteiger partial charge in [0.1, 0.15) is 5.69 Å². The summed E-state index contributed by atoms with van der Waals surface area (Å²) in [6.07, 6.45) is -0.523. The Hall–Kier alpha value is -3.43. The first-order chi connectivity index (χ1) is 14.6. The number of nitrogens with one attached hydrogen (secondary N) is 1. The molecule has 1 amide bonds. The van der Waals surface area contributed by atoms with E-state index in [2.05, 4.69) is 15.4 Å². The van der Waals surface area contributed by atoms with Gasteiger partial charge in [0.25, 0.3) is 11.5 Å². The van der Waals surface area contributed by atoms with Crippen molar-refractivity contribution >= 4 is 5.91 Å². The lowest BCUT2D eigenvalue weighted by atomic mass is 10.0. The standard InChI is InChI=1S/C21H20F3N5O2/c1-12-8-14(11-28(2)20(12)31)19(30)26-15-4-3-7-29-17(15)10-16(27-29)13-5-6-25-18(9-13)21(22,23)24/h5-6,8-11,15H,3-4,7H2,1-2H3,(H,26,30). The number of aryl methyl sites for hydroxylation is 3. The van der Waals surface area contributed by atoms with E-state index in [-0.39, 0.29) is 17.5 Å².